The summed E-state index contributed by atoms with van der Waals surface area (Å²) in [6, 6.07) is 10.6. The van der Waals surface area contributed by atoms with Gasteiger partial charge in [0.25, 0.3) is 0 Å². The summed E-state index contributed by atoms with van der Waals surface area (Å²) in [6.07, 6.45) is 0. The van der Waals surface area contributed by atoms with Crippen molar-refractivity contribution >= 4 is 16.9 Å². The first kappa shape index (κ1) is 17.7. The zero-order valence-electron chi connectivity index (χ0n) is 15.2. The van der Waals surface area contributed by atoms with Crippen LogP contribution in [0.25, 0.3) is 11.0 Å². The molecule has 0 unspecified atom stereocenters. The standard InChI is InChI=1S/C21H20O5/c1-12-7-13(2)9-16(8-12)24-11-20(23)25-18-6-5-17-14(3)10-19(22)26-21(17)15(18)4/h5-10H,11H2,1-4H3. The predicted octanol–water partition coefficient (Wildman–Crippen LogP) is 4.01. The molecule has 1 heterocycles. The van der Waals surface area contributed by atoms with Crippen LogP contribution >= 0.6 is 0 Å². The second-order valence-corrected chi connectivity index (χ2v) is 6.40. The molecule has 2 aromatic carbocycles. The van der Waals surface area contributed by atoms with Gasteiger partial charge in [0.2, 0.25) is 0 Å². The third-order valence-corrected chi connectivity index (χ3v) is 4.09. The van der Waals surface area contributed by atoms with Gasteiger partial charge in [-0.3, -0.25) is 0 Å². The number of carbonyl (C=O) groups is 1. The Labute approximate surface area is 151 Å². The summed E-state index contributed by atoms with van der Waals surface area (Å²) in [5.41, 5.74) is 3.53. The number of esters is 1. The molecule has 0 aliphatic heterocycles. The van der Waals surface area contributed by atoms with Crippen molar-refractivity contribution in [3.05, 3.63) is 69.1 Å². The van der Waals surface area contributed by atoms with Crippen LogP contribution in [-0.4, -0.2) is 12.6 Å². The zero-order valence-corrected chi connectivity index (χ0v) is 15.2. The van der Waals surface area contributed by atoms with Crippen LogP contribution in [-0.2, 0) is 4.79 Å². The van der Waals surface area contributed by atoms with E-state index in [1.165, 1.54) is 6.07 Å². The van der Waals surface area contributed by atoms with Crippen molar-refractivity contribution in [1.29, 1.82) is 0 Å². The van der Waals surface area contributed by atoms with Gasteiger partial charge in [0.1, 0.15) is 17.1 Å². The molecule has 0 spiro atoms. The number of aryl methyl sites for hydroxylation is 4. The van der Waals surface area contributed by atoms with Crippen LogP contribution in [0.5, 0.6) is 11.5 Å². The lowest BCUT2D eigenvalue weighted by atomic mass is 10.1. The van der Waals surface area contributed by atoms with Gasteiger partial charge in [-0.05, 0) is 68.7 Å². The zero-order chi connectivity index (χ0) is 18.8. The highest BCUT2D eigenvalue weighted by Crippen LogP contribution is 2.28. The summed E-state index contributed by atoms with van der Waals surface area (Å²) in [7, 11) is 0. The second-order valence-electron chi connectivity index (χ2n) is 6.40. The van der Waals surface area contributed by atoms with E-state index in [0.717, 1.165) is 22.1 Å². The Hall–Kier alpha value is -3.08. The molecule has 0 N–H and O–H groups in total. The van der Waals surface area contributed by atoms with E-state index in [1.54, 1.807) is 19.1 Å². The van der Waals surface area contributed by atoms with Crippen LogP contribution in [0.4, 0.5) is 0 Å². The Morgan fingerprint density at radius 3 is 2.38 bits per heavy atom. The maximum absolute atomic E-state index is 12.1. The molecule has 3 rings (SSSR count). The lowest BCUT2D eigenvalue weighted by Gasteiger charge is -2.11. The normalized spacial score (nSPS) is 10.8. The van der Waals surface area contributed by atoms with Gasteiger partial charge < -0.3 is 13.9 Å². The molecule has 0 amide bonds. The predicted molar refractivity (Wildman–Crippen MR) is 99.0 cm³/mol. The van der Waals surface area contributed by atoms with Crippen LogP contribution in [0.1, 0.15) is 22.3 Å². The Kier molecular flexibility index (Phi) is 4.80. The highest BCUT2D eigenvalue weighted by atomic mass is 16.6. The molecule has 0 aliphatic carbocycles. The van der Waals surface area contributed by atoms with Crippen LogP contribution in [0, 0.1) is 27.7 Å². The molecular formula is C21H20O5. The molecule has 1 aromatic heterocycles. The number of carbonyl (C=O) groups excluding carboxylic acids is 1. The molecule has 0 saturated heterocycles. The largest absolute Gasteiger partial charge is 0.482 e. The van der Waals surface area contributed by atoms with Crippen LogP contribution < -0.4 is 15.1 Å². The fourth-order valence-electron chi connectivity index (χ4n) is 2.92. The summed E-state index contributed by atoms with van der Waals surface area (Å²) in [5.74, 6) is 0.443. The third-order valence-electron chi connectivity index (χ3n) is 4.09. The van der Waals surface area contributed by atoms with Gasteiger partial charge in [0, 0.05) is 17.0 Å². The van der Waals surface area contributed by atoms with Crippen molar-refractivity contribution in [1.82, 2.24) is 0 Å². The molecule has 0 atom stereocenters. The SMILES string of the molecule is Cc1cc(C)cc(OCC(=O)Oc2ccc3c(C)cc(=O)oc3c2C)c1. The van der Waals surface area contributed by atoms with E-state index in [-0.39, 0.29) is 6.61 Å². The maximum Gasteiger partial charge on any atom is 0.349 e. The first-order chi connectivity index (χ1) is 12.3. The van der Waals surface area contributed by atoms with E-state index in [9.17, 15) is 9.59 Å². The van der Waals surface area contributed by atoms with Crippen molar-refractivity contribution in [3.63, 3.8) is 0 Å². The fraction of sp³-hybridized carbons (Fsp3) is 0.238. The number of hydrogen-bond acceptors (Lipinski definition) is 5. The van der Waals surface area contributed by atoms with Gasteiger partial charge in [0.15, 0.2) is 6.61 Å². The molecule has 5 heteroatoms. The van der Waals surface area contributed by atoms with Crippen LogP contribution in [0.2, 0.25) is 0 Å². The van der Waals surface area contributed by atoms with Crippen molar-refractivity contribution < 1.29 is 18.7 Å². The Morgan fingerprint density at radius 1 is 1.00 bits per heavy atom. The van der Waals surface area contributed by atoms with E-state index in [4.69, 9.17) is 13.9 Å². The molecule has 0 aliphatic rings. The minimum absolute atomic E-state index is 0.210. The summed E-state index contributed by atoms with van der Waals surface area (Å²) in [5, 5.41) is 0.813. The molecule has 0 radical (unpaired) electrons. The van der Waals surface area contributed by atoms with E-state index >= 15 is 0 Å². The van der Waals surface area contributed by atoms with Gasteiger partial charge in [-0.1, -0.05) is 6.07 Å². The number of rotatable bonds is 4. The van der Waals surface area contributed by atoms with Crippen molar-refractivity contribution in [3.8, 4) is 11.5 Å². The van der Waals surface area contributed by atoms with Gasteiger partial charge in [-0.15, -0.1) is 0 Å². The topological polar surface area (TPSA) is 65.7 Å². The average molecular weight is 352 g/mol. The summed E-state index contributed by atoms with van der Waals surface area (Å²) >= 11 is 0. The smallest absolute Gasteiger partial charge is 0.349 e. The number of hydrogen-bond donors (Lipinski definition) is 0. The monoisotopic (exact) mass is 352 g/mol. The average Bonchev–Trinajstić information content (AvgIpc) is 2.55. The third kappa shape index (κ3) is 3.77. The fourth-order valence-corrected chi connectivity index (χ4v) is 2.92. The Balaban J connectivity index is 1.77. The van der Waals surface area contributed by atoms with E-state index < -0.39 is 11.6 Å². The van der Waals surface area contributed by atoms with Gasteiger partial charge in [0.05, 0.1) is 0 Å². The maximum atomic E-state index is 12.1. The number of ether oxygens (including phenoxy) is 2. The molecule has 0 bridgehead atoms. The van der Waals surface area contributed by atoms with Crippen LogP contribution in [0.3, 0.4) is 0 Å². The van der Waals surface area contributed by atoms with Crippen molar-refractivity contribution in [2.75, 3.05) is 6.61 Å². The molecule has 0 fully saturated rings. The minimum atomic E-state index is -0.526. The molecule has 0 saturated carbocycles. The lowest BCUT2D eigenvalue weighted by Crippen LogP contribution is -2.18. The summed E-state index contributed by atoms with van der Waals surface area (Å²) in [4.78, 5) is 23.7. The van der Waals surface area contributed by atoms with E-state index in [1.807, 2.05) is 39.0 Å². The van der Waals surface area contributed by atoms with Gasteiger partial charge >= 0.3 is 11.6 Å². The first-order valence-corrected chi connectivity index (χ1v) is 8.29. The highest BCUT2D eigenvalue weighted by Gasteiger charge is 2.13. The van der Waals surface area contributed by atoms with Gasteiger partial charge in [-0.2, -0.15) is 0 Å². The molecule has 3 aromatic rings. The lowest BCUT2D eigenvalue weighted by molar-refractivity contribution is -0.136. The van der Waals surface area contributed by atoms with Crippen molar-refractivity contribution in [2.45, 2.75) is 27.7 Å². The number of benzene rings is 2. The summed E-state index contributed by atoms with van der Waals surface area (Å²) < 4.78 is 16.2. The first-order valence-electron chi connectivity index (χ1n) is 8.29. The van der Waals surface area contributed by atoms with E-state index in [2.05, 4.69) is 0 Å². The van der Waals surface area contributed by atoms with Crippen molar-refractivity contribution in [2.24, 2.45) is 0 Å². The molecular weight excluding hydrogens is 332 g/mol. The summed E-state index contributed by atoms with van der Waals surface area (Å²) in [6.45, 7) is 7.30. The Bertz CT molecular complexity index is 1030. The quantitative estimate of drug-likeness (QED) is 0.403. The van der Waals surface area contributed by atoms with E-state index in [0.29, 0.717) is 22.6 Å². The molecule has 134 valence electrons. The highest BCUT2D eigenvalue weighted by molar-refractivity contribution is 5.86. The second kappa shape index (κ2) is 7.04. The Morgan fingerprint density at radius 2 is 1.69 bits per heavy atom. The molecule has 5 nitrogen and oxygen atoms in total. The number of fused-ring (bicyclic) bond motifs is 1. The van der Waals surface area contributed by atoms with Gasteiger partial charge in [-0.25, -0.2) is 9.59 Å². The van der Waals surface area contributed by atoms with Crippen LogP contribution in [0.15, 0.2) is 45.6 Å². The molecule has 26 heavy (non-hydrogen) atoms. The minimum Gasteiger partial charge on any atom is -0.482 e.